The highest BCUT2D eigenvalue weighted by molar-refractivity contribution is 6.07. The van der Waals surface area contributed by atoms with Crippen molar-refractivity contribution in [1.29, 1.82) is 0 Å². The third-order valence-corrected chi connectivity index (χ3v) is 14.1. The summed E-state index contributed by atoms with van der Waals surface area (Å²) in [5.41, 5.74) is 11.9. The van der Waals surface area contributed by atoms with Gasteiger partial charge in [-0.05, 0) is 91.0 Å². The third-order valence-electron chi connectivity index (χ3n) is 14.1. The van der Waals surface area contributed by atoms with E-state index in [-0.39, 0.29) is 0 Å². The van der Waals surface area contributed by atoms with E-state index in [0.29, 0.717) is 0 Å². The molecule has 18 rings (SSSR count). The number of hydrogen-bond acceptors (Lipinski definition) is 12. The van der Waals surface area contributed by atoms with Crippen molar-refractivity contribution in [2.75, 3.05) is 0 Å². The quantitative estimate of drug-likeness (QED) is 0.133. The summed E-state index contributed by atoms with van der Waals surface area (Å²) < 4.78 is 0. The molecule has 12 heterocycles. The lowest BCUT2D eigenvalue weighted by Crippen LogP contribution is -1.83. The average Bonchev–Trinajstić information content (AvgIpc) is 0.846. The summed E-state index contributed by atoms with van der Waals surface area (Å²) in [7, 11) is 0. The summed E-state index contributed by atoms with van der Waals surface area (Å²) in [5.74, 6) is 0. The van der Waals surface area contributed by atoms with Gasteiger partial charge < -0.3 is 0 Å². The molecule has 0 N–H and O–H groups in total. The van der Waals surface area contributed by atoms with Gasteiger partial charge in [0.2, 0.25) is 0 Å². The summed E-state index contributed by atoms with van der Waals surface area (Å²) in [4.78, 5) is 52.3. The van der Waals surface area contributed by atoms with Crippen molar-refractivity contribution in [3.8, 4) is 0 Å². The molecule has 18 aromatic rings. The van der Waals surface area contributed by atoms with Crippen LogP contribution in [0.1, 0.15) is 166 Å². The lowest BCUT2D eigenvalue weighted by Gasteiger charge is -2.00. The Labute approximate surface area is 645 Å². The minimum absolute atomic E-state index is 0.950. The van der Waals surface area contributed by atoms with Gasteiger partial charge in [0.1, 0.15) is 0 Å². The van der Waals surface area contributed by atoms with Crippen molar-refractivity contribution in [3.63, 3.8) is 0 Å². The predicted octanol–water partition coefficient (Wildman–Crippen LogP) is 29.0. The molecule has 12 heteroatoms. The van der Waals surface area contributed by atoms with Crippen LogP contribution < -0.4 is 0 Å². The number of benzene rings is 6. The molecule has 12 nitrogen and oxygen atoms in total. The zero-order valence-corrected chi connectivity index (χ0v) is 69.1. The third kappa shape index (κ3) is 27.0. The van der Waals surface area contributed by atoms with E-state index in [1.807, 2.05) is 386 Å². The molecule has 6 aromatic carbocycles. The minimum Gasteiger partial charge on any atom is -0.255 e. The Bertz CT molecular complexity index is 4150. The molecule has 564 valence electrons. The molecule has 0 unspecified atom stereocenters. The minimum atomic E-state index is 0.950. The van der Waals surface area contributed by atoms with E-state index in [1.54, 1.807) is 18.6 Å². The van der Waals surface area contributed by atoms with Crippen molar-refractivity contribution in [3.05, 3.63) is 293 Å². The summed E-state index contributed by atoms with van der Waals surface area (Å²) >= 11 is 0. The normalized spacial score (nSPS) is 9.11. The van der Waals surface area contributed by atoms with Crippen LogP contribution in [0, 0.1) is 0 Å². The molecular weight excluding hydrogens is 1320 g/mol. The van der Waals surface area contributed by atoms with E-state index in [4.69, 9.17) is 0 Å². The maximum Gasteiger partial charge on any atom is 0.0964 e. The molecule has 0 aliphatic rings. The molecule has 0 bridgehead atoms. The SMILES string of the molecule is CC.CC.CC.CC.CC.CC.CC.CC.CC.CC.CC.CC.c1ccc2c(c1)cnc1cccnc12.c1ccc2c(c1)cnc1cccnc12.c1ccc2c(c1)cnc1cccnc12.c1cnc2c(c1)cnc1ccccc12.c1cnc2c(c1)cnc1ccccc12.c1cnc2c(c1)cnc1ccccc12. The Kier molecular flexibility index (Phi) is 51.1. The number of hydrogen-bond donors (Lipinski definition) is 0. The first-order chi connectivity index (χ1) is 53.7. The maximum absolute atomic E-state index is 4.37. The predicted molar refractivity (Wildman–Crippen MR) is 478 cm³/mol. The van der Waals surface area contributed by atoms with Crippen molar-refractivity contribution in [1.82, 2.24) is 59.8 Å². The van der Waals surface area contributed by atoms with Crippen LogP contribution >= 0.6 is 0 Å². The van der Waals surface area contributed by atoms with E-state index >= 15 is 0 Å². The van der Waals surface area contributed by atoms with Crippen LogP contribution in [0.3, 0.4) is 0 Å². The van der Waals surface area contributed by atoms with Gasteiger partial charge in [0, 0.05) is 139 Å². The Hall–Kier alpha value is -11.8. The maximum atomic E-state index is 4.37. The second-order valence-electron chi connectivity index (χ2n) is 19.3. The number of fused-ring (bicyclic) bond motifs is 18. The molecule has 0 spiro atoms. The fraction of sp³-hybridized carbons (Fsp3) is 0.250. The van der Waals surface area contributed by atoms with E-state index < -0.39 is 0 Å². The van der Waals surface area contributed by atoms with Crippen molar-refractivity contribution in [2.24, 2.45) is 0 Å². The summed E-state index contributed by atoms with van der Waals surface area (Å²) in [5, 5.41) is 13.5. The summed E-state index contributed by atoms with van der Waals surface area (Å²) in [6.45, 7) is 48.0. The van der Waals surface area contributed by atoms with Crippen LogP contribution in [-0.2, 0) is 0 Å². The van der Waals surface area contributed by atoms with E-state index in [0.717, 1.165) is 131 Å². The van der Waals surface area contributed by atoms with E-state index in [1.165, 1.54) is 0 Å². The number of rotatable bonds is 0. The molecule has 108 heavy (non-hydrogen) atoms. The smallest absolute Gasteiger partial charge is 0.0964 e. The fourth-order valence-electron chi connectivity index (χ4n) is 10.0. The highest BCUT2D eigenvalue weighted by Crippen LogP contribution is 2.26. The molecule has 0 aliphatic carbocycles. The number of pyridine rings is 12. The number of aromatic nitrogens is 12. The van der Waals surface area contributed by atoms with Crippen molar-refractivity contribution >= 4 is 131 Å². The van der Waals surface area contributed by atoms with Gasteiger partial charge in [0.25, 0.3) is 0 Å². The monoisotopic (exact) mass is 1440 g/mol. The Morgan fingerprint density at radius 1 is 0.130 bits per heavy atom. The molecule has 0 fully saturated rings. The number of para-hydroxylation sites is 3. The summed E-state index contributed by atoms with van der Waals surface area (Å²) in [6.07, 6.45) is 22.1. The largest absolute Gasteiger partial charge is 0.255 e. The Balaban J connectivity index is 0.000000613. The van der Waals surface area contributed by atoms with Gasteiger partial charge in [-0.1, -0.05) is 294 Å². The van der Waals surface area contributed by atoms with Gasteiger partial charge in [-0.25, -0.2) is 0 Å². The first kappa shape index (κ1) is 94.3. The summed E-state index contributed by atoms with van der Waals surface area (Å²) in [6, 6.07) is 72.2. The zero-order valence-electron chi connectivity index (χ0n) is 69.1. The number of nitrogens with zero attached hydrogens (tertiary/aromatic N) is 12. The first-order valence-corrected chi connectivity index (χ1v) is 39.2. The first-order valence-electron chi connectivity index (χ1n) is 39.2. The van der Waals surface area contributed by atoms with Crippen LogP contribution in [0.2, 0.25) is 0 Å². The van der Waals surface area contributed by atoms with Crippen LogP contribution in [0.4, 0.5) is 0 Å². The van der Waals surface area contributed by atoms with Gasteiger partial charge in [-0.3, -0.25) is 59.8 Å². The van der Waals surface area contributed by atoms with Crippen LogP contribution in [0.5, 0.6) is 0 Å². The van der Waals surface area contributed by atoms with Crippen LogP contribution in [0.15, 0.2) is 293 Å². The van der Waals surface area contributed by atoms with Crippen LogP contribution in [0.25, 0.3) is 131 Å². The van der Waals surface area contributed by atoms with Gasteiger partial charge >= 0.3 is 0 Å². The van der Waals surface area contributed by atoms with Crippen molar-refractivity contribution < 1.29 is 0 Å². The zero-order chi connectivity index (χ0) is 80.3. The van der Waals surface area contributed by atoms with E-state index in [9.17, 15) is 0 Å². The highest BCUT2D eigenvalue weighted by Gasteiger charge is 2.06. The van der Waals surface area contributed by atoms with E-state index in [2.05, 4.69) is 114 Å². The van der Waals surface area contributed by atoms with Crippen LogP contribution in [-0.4, -0.2) is 59.8 Å². The molecule has 0 radical (unpaired) electrons. The average molecular weight is 1440 g/mol. The lowest BCUT2D eigenvalue weighted by atomic mass is 10.1. The van der Waals surface area contributed by atoms with Crippen molar-refractivity contribution in [2.45, 2.75) is 166 Å². The topological polar surface area (TPSA) is 155 Å². The molecule has 0 saturated carbocycles. The molecule has 12 aromatic heterocycles. The molecule has 0 atom stereocenters. The standard InChI is InChI=1S/6C12H8N2.12C2H6/c3*1-2-6-11-10(5-1)12-9(8-14-11)4-3-7-13-12;3*1-2-5-10-9(4-1)8-14-11-6-3-7-13-12(10)11;12*1-2/h6*1-8H;12*1-2H3. The molecule has 0 aliphatic heterocycles. The van der Waals surface area contributed by atoms with Gasteiger partial charge in [-0.2, -0.15) is 0 Å². The second-order valence-corrected chi connectivity index (χ2v) is 19.3. The molecule has 0 saturated heterocycles. The van der Waals surface area contributed by atoms with Gasteiger partial charge in [-0.15, -0.1) is 0 Å². The Morgan fingerprint density at radius 2 is 0.287 bits per heavy atom. The Morgan fingerprint density at radius 3 is 0.528 bits per heavy atom. The molecular formula is C96H120N12. The van der Waals surface area contributed by atoms with Gasteiger partial charge in [0.15, 0.2) is 0 Å². The van der Waals surface area contributed by atoms with Gasteiger partial charge in [0.05, 0.1) is 66.2 Å². The molecule has 0 amide bonds. The lowest BCUT2D eigenvalue weighted by molar-refractivity contribution is 1.36. The second kappa shape index (κ2) is 58.5. The fourth-order valence-corrected chi connectivity index (χ4v) is 10.0. The highest BCUT2D eigenvalue weighted by atomic mass is 14.8.